The van der Waals surface area contributed by atoms with Gasteiger partial charge in [-0.1, -0.05) is 0 Å². The first-order valence-corrected chi connectivity index (χ1v) is 4.85. The lowest BCUT2D eigenvalue weighted by Crippen LogP contribution is -1.99. The molecule has 0 aromatic carbocycles. The quantitative estimate of drug-likeness (QED) is 0.814. The van der Waals surface area contributed by atoms with Gasteiger partial charge in [0.2, 0.25) is 0 Å². The predicted molar refractivity (Wildman–Crippen MR) is 57.9 cm³/mol. The van der Waals surface area contributed by atoms with E-state index >= 15 is 0 Å². The second-order valence-electron chi connectivity index (χ2n) is 3.49. The summed E-state index contributed by atoms with van der Waals surface area (Å²) in [5.41, 5.74) is 3.10. The molecule has 0 unspecified atom stereocenters. The van der Waals surface area contributed by atoms with Crippen LogP contribution in [0, 0.1) is 6.92 Å². The number of hydrogen-bond acceptors (Lipinski definition) is 3. The van der Waals surface area contributed by atoms with Crippen LogP contribution in [0.25, 0.3) is 11.3 Å². The van der Waals surface area contributed by atoms with Crippen molar-refractivity contribution < 1.29 is 9.90 Å². The zero-order chi connectivity index (χ0) is 11.5. The molecule has 2 heterocycles. The third-order valence-electron chi connectivity index (χ3n) is 2.26. The third kappa shape index (κ3) is 2.08. The summed E-state index contributed by atoms with van der Waals surface area (Å²) in [6.45, 7) is 1.89. The molecule has 2 N–H and O–H groups in total. The van der Waals surface area contributed by atoms with E-state index in [4.69, 9.17) is 5.11 Å². The second-order valence-corrected chi connectivity index (χ2v) is 3.49. The summed E-state index contributed by atoms with van der Waals surface area (Å²) in [7, 11) is 0. The van der Waals surface area contributed by atoms with Gasteiger partial charge in [-0.05, 0) is 25.1 Å². The average molecular weight is 217 g/mol. The van der Waals surface area contributed by atoms with Crippen molar-refractivity contribution in [3.63, 3.8) is 0 Å². The van der Waals surface area contributed by atoms with Gasteiger partial charge in [-0.2, -0.15) is 5.10 Å². The Hall–Kier alpha value is -2.17. The summed E-state index contributed by atoms with van der Waals surface area (Å²) in [4.78, 5) is 14.7. The first-order valence-electron chi connectivity index (χ1n) is 4.85. The molecular weight excluding hydrogens is 206 g/mol. The third-order valence-corrected chi connectivity index (χ3v) is 2.26. The van der Waals surface area contributed by atoms with Crippen LogP contribution < -0.4 is 0 Å². The van der Waals surface area contributed by atoms with Crippen LogP contribution in [0.3, 0.4) is 0 Å². The van der Waals surface area contributed by atoms with Gasteiger partial charge < -0.3 is 5.11 Å². The van der Waals surface area contributed by atoms with Crippen molar-refractivity contribution in [1.29, 1.82) is 0 Å². The number of carboxylic acid groups (broad SMARTS) is 1. The van der Waals surface area contributed by atoms with Crippen molar-refractivity contribution in [3.8, 4) is 11.3 Å². The Bertz CT molecular complexity index is 519. The lowest BCUT2D eigenvalue weighted by molar-refractivity contribution is -0.136. The summed E-state index contributed by atoms with van der Waals surface area (Å²) in [6.07, 6.45) is 1.66. The highest BCUT2D eigenvalue weighted by atomic mass is 16.4. The molecule has 5 nitrogen and oxygen atoms in total. The Labute approximate surface area is 92.2 Å². The van der Waals surface area contributed by atoms with Crippen molar-refractivity contribution in [2.24, 2.45) is 0 Å². The fraction of sp³-hybridized carbons (Fsp3) is 0.182. The van der Waals surface area contributed by atoms with Crippen molar-refractivity contribution in [2.75, 3.05) is 0 Å². The monoisotopic (exact) mass is 217 g/mol. The average Bonchev–Trinajstić information content (AvgIpc) is 2.66. The topological polar surface area (TPSA) is 78.9 Å². The fourth-order valence-electron chi connectivity index (χ4n) is 1.51. The van der Waals surface area contributed by atoms with E-state index < -0.39 is 5.97 Å². The van der Waals surface area contributed by atoms with Crippen LogP contribution in [-0.2, 0) is 11.2 Å². The number of nitrogens with zero attached hydrogens (tertiary/aromatic N) is 2. The van der Waals surface area contributed by atoms with Crippen molar-refractivity contribution >= 4 is 5.97 Å². The van der Waals surface area contributed by atoms with Crippen molar-refractivity contribution in [3.05, 3.63) is 35.8 Å². The molecule has 0 aliphatic heterocycles. The number of pyridine rings is 1. The van der Waals surface area contributed by atoms with E-state index in [1.54, 1.807) is 12.3 Å². The van der Waals surface area contributed by atoms with Crippen LogP contribution in [0.15, 0.2) is 24.4 Å². The highest BCUT2D eigenvalue weighted by Gasteiger charge is 2.08. The molecule has 0 bridgehead atoms. The van der Waals surface area contributed by atoms with Gasteiger partial charge in [0, 0.05) is 23.1 Å². The molecule has 0 saturated heterocycles. The van der Waals surface area contributed by atoms with E-state index in [0.717, 1.165) is 17.0 Å². The molecule has 0 amide bonds. The minimum absolute atomic E-state index is 0.0493. The smallest absolute Gasteiger partial charge is 0.309 e. The first kappa shape index (κ1) is 10.4. The van der Waals surface area contributed by atoms with Gasteiger partial charge in [-0.15, -0.1) is 0 Å². The Kier molecular flexibility index (Phi) is 2.68. The Morgan fingerprint density at radius 3 is 3.06 bits per heavy atom. The molecule has 0 fully saturated rings. The maximum atomic E-state index is 10.5. The van der Waals surface area contributed by atoms with Crippen LogP contribution in [0.2, 0.25) is 0 Å². The predicted octanol–water partition coefficient (Wildman–Crippen LogP) is 1.41. The van der Waals surface area contributed by atoms with E-state index in [0.29, 0.717) is 5.69 Å². The highest BCUT2D eigenvalue weighted by molar-refractivity contribution is 5.70. The van der Waals surface area contributed by atoms with Gasteiger partial charge in [-0.25, -0.2) is 0 Å². The number of aromatic nitrogens is 3. The minimum Gasteiger partial charge on any atom is -0.481 e. The number of aryl methyl sites for hydroxylation is 1. The van der Waals surface area contributed by atoms with Crippen molar-refractivity contribution in [2.45, 2.75) is 13.3 Å². The summed E-state index contributed by atoms with van der Waals surface area (Å²) in [5, 5.41) is 15.4. The molecule has 82 valence electrons. The van der Waals surface area contributed by atoms with Gasteiger partial charge in [0.1, 0.15) is 0 Å². The van der Waals surface area contributed by atoms with Crippen molar-refractivity contribution in [1.82, 2.24) is 15.2 Å². The summed E-state index contributed by atoms with van der Waals surface area (Å²) < 4.78 is 0. The highest BCUT2D eigenvalue weighted by Crippen LogP contribution is 2.19. The van der Waals surface area contributed by atoms with E-state index in [-0.39, 0.29) is 6.42 Å². The van der Waals surface area contributed by atoms with Crippen LogP contribution in [0.4, 0.5) is 0 Å². The largest absolute Gasteiger partial charge is 0.481 e. The summed E-state index contributed by atoms with van der Waals surface area (Å²) in [5.74, 6) is -0.877. The number of carbonyl (C=O) groups is 1. The Balaban J connectivity index is 2.32. The SMILES string of the molecule is Cc1ncccc1-c1cc(CC(=O)O)[nH]n1. The van der Waals surface area contributed by atoms with E-state index in [1.165, 1.54) is 0 Å². The van der Waals surface area contributed by atoms with Gasteiger partial charge in [0.25, 0.3) is 0 Å². The molecule has 16 heavy (non-hydrogen) atoms. The fourth-order valence-corrected chi connectivity index (χ4v) is 1.51. The number of aliphatic carboxylic acids is 1. The van der Waals surface area contributed by atoms with Gasteiger partial charge in [-0.3, -0.25) is 14.9 Å². The molecular formula is C11H11N3O2. The first-order chi connectivity index (χ1) is 7.66. The standard InChI is InChI=1S/C11H11N3O2/c1-7-9(3-2-4-12-7)10-5-8(13-14-10)6-11(15)16/h2-5H,6H2,1H3,(H,13,14)(H,15,16). The second kappa shape index (κ2) is 4.14. The summed E-state index contributed by atoms with van der Waals surface area (Å²) >= 11 is 0. The molecule has 5 heteroatoms. The van der Waals surface area contributed by atoms with Gasteiger partial charge in [0.05, 0.1) is 12.1 Å². The molecule has 0 aliphatic rings. The number of rotatable bonds is 3. The number of hydrogen-bond donors (Lipinski definition) is 2. The normalized spacial score (nSPS) is 10.3. The number of H-pyrrole nitrogens is 1. The Morgan fingerprint density at radius 2 is 2.38 bits per heavy atom. The van der Waals surface area contributed by atoms with Gasteiger partial charge >= 0.3 is 5.97 Å². The summed E-state index contributed by atoms with van der Waals surface area (Å²) in [6, 6.07) is 5.47. The molecule has 0 atom stereocenters. The molecule has 0 saturated carbocycles. The Morgan fingerprint density at radius 1 is 1.56 bits per heavy atom. The molecule has 2 aromatic heterocycles. The van der Waals surface area contributed by atoms with E-state index in [1.807, 2.05) is 19.1 Å². The zero-order valence-corrected chi connectivity index (χ0v) is 8.77. The van der Waals surface area contributed by atoms with E-state index in [9.17, 15) is 4.79 Å². The number of aromatic amines is 1. The number of nitrogens with one attached hydrogen (secondary N) is 1. The maximum Gasteiger partial charge on any atom is 0.309 e. The molecule has 0 radical (unpaired) electrons. The lowest BCUT2D eigenvalue weighted by atomic mass is 10.1. The zero-order valence-electron chi connectivity index (χ0n) is 8.77. The molecule has 2 rings (SSSR count). The van der Waals surface area contributed by atoms with Crippen LogP contribution in [0.1, 0.15) is 11.4 Å². The molecule has 2 aromatic rings. The maximum absolute atomic E-state index is 10.5. The van der Waals surface area contributed by atoms with Crippen LogP contribution >= 0.6 is 0 Å². The van der Waals surface area contributed by atoms with E-state index in [2.05, 4.69) is 15.2 Å². The minimum atomic E-state index is -0.877. The molecule has 0 spiro atoms. The van der Waals surface area contributed by atoms with Gasteiger partial charge in [0.15, 0.2) is 0 Å². The number of carboxylic acids is 1. The lowest BCUT2D eigenvalue weighted by Gasteiger charge is -1.98. The van der Waals surface area contributed by atoms with Crippen LogP contribution in [-0.4, -0.2) is 26.3 Å². The van der Waals surface area contributed by atoms with Crippen LogP contribution in [0.5, 0.6) is 0 Å². The molecule has 0 aliphatic carbocycles.